The molecular formula is C16H26N2O2. The number of hydrogen-bond acceptors (Lipinski definition) is 3. The van der Waals surface area contributed by atoms with Crippen LogP contribution < -0.4 is 11.1 Å². The molecule has 4 heteroatoms. The van der Waals surface area contributed by atoms with Gasteiger partial charge in [-0.15, -0.1) is 0 Å². The molecule has 1 aromatic carbocycles. The van der Waals surface area contributed by atoms with Crippen LogP contribution in [0.2, 0.25) is 0 Å². The maximum absolute atomic E-state index is 12.3. The van der Waals surface area contributed by atoms with E-state index in [-0.39, 0.29) is 11.8 Å². The third kappa shape index (κ3) is 5.31. The summed E-state index contributed by atoms with van der Waals surface area (Å²) in [4.78, 5) is 12.3. The Kier molecular flexibility index (Phi) is 7.26. The number of amides is 1. The topological polar surface area (TPSA) is 64.3 Å². The predicted molar refractivity (Wildman–Crippen MR) is 82.7 cm³/mol. The Morgan fingerprint density at radius 2 is 2.05 bits per heavy atom. The van der Waals surface area contributed by atoms with Crippen LogP contribution in [0.1, 0.15) is 25.8 Å². The molecule has 3 N–H and O–H groups in total. The van der Waals surface area contributed by atoms with E-state index >= 15 is 0 Å². The van der Waals surface area contributed by atoms with Crippen LogP contribution in [0, 0.1) is 11.8 Å². The van der Waals surface area contributed by atoms with Gasteiger partial charge < -0.3 is 15.8 Å². The number of anilines is 1. The number of carbonyl (C=O) groups excluding carboxylic acids is 1. The van der Waals surface area contributed by atoms with E-state index in [4.69, 9.17) is 10.5 Å². The van der Waals surface area contributed by atoms with Gasteiger partial charge in [0.15, 0.2) is 0 Å². The summed E-state index contributed by atoms with van der Waals surface area (Å²) < 4.78 is 5.09. The van der Waals surface area contributed by atoms with E-state index in [9.17, 15) is 4.79 Å². The van der Waals surface area contributed by atoms with Crippen LogP contribution in [0.3, 0.4) is 0 Å². The Labute approximate surface area is 121 Å². The van der Waals surface area contributed by atoms with Crippen LogP contribution in [0.4, 0.5) is 5.69 Å². The lowest BCUT2D eigenvalue weighted by atomic mass is 9.96. The molecule has 20 heavy (non-hydrogen) atoms. The molecule has 0 saturated carbocycles. The molecule has 0 radical (unpaired) electrons. The Balaban J connectivity index is 2.73. The number of nitrogens with two attached hydrogens (primary N) is 1. The molecule has 0 heterocycles. The van der Waals surface area contributed by atoms with Gasteiger partial charge in [0.05, 0.1) is 12.5 Å². The quantitative estimate of drug-likeness (QED) is 0.767. The fourth-order valence-corrected chi connectivity index (χ4v) is 2.19. The molecule has 1 unspecified atom stereocenters. The molecule has 0 aliphatic heterocycles. The fourth-order valence-electron chi connectivity index (χ4n) is 2.19. The van der Waals surface area contributed by atoms with Crippen molar-refractivity contribution in [2.45, 2.75) is 26.7 Å². The number of benzene rings is 1. The van der Waals surface area contributed by atoms with Crippen molar-refractivity contribution in [2.75, 3.05) is 25.6 Å². The third-order valence-corrected chi connectivity index (χ3v) is 3.26. The van der Waals surface area contributed by atoms with Crippen LogP contribution in [0.5, 0.6) is 0 Å². The smallest absolute Gasteiger partial charge is 0.228 e. The number of carbonyl (C=O) groups is 1. The number of para-hydroxylation sites is 1. The highest BCUT2D eigenvalue weighted by molar-refractivity contribution is 5.93. The zero-order chi connectivity index (χ0) is 15.0. The largest absolute Gasteiger partial charge is 0.384 e. The van der Waals surface area contributed by atoms with Gasteiger partial charge in [0.2, 0.25) is 5.91 Å². The molecular weight excluding hydrogens is 252 g/mol. The van der Waals surface area contributed by atoms with Crippen molar-refractivity contribution in [1.29, 1.82) is 0 Å². The Morgan fingerprint density at radius 3 is 2.65 bits per heavy atom. The van der Waals surface area contributed by atoms with Crippen LogP contribution >= 0.6 is 0 Å². The van der Waals surface area contributed by atoms with E-state index < -0.39 is 0 Å². The van der Waals surface area contributed by atoms with Gasteiger partial charge in [0, 0.05) is 19.3 Å². The molecule has 4 nitrogen and oxygen atoms in total. The van der Waals surface area contributed by atoms with Gasteiger partial charge in [-0.25, -0.2) is 0 Å². The lowest BCUT2D eigenvalue weighted by Crippen LogP contribution is -2.30. The lowest BCUT2D eigenvalue weighted by molar-refractivity contribution is -0.120. The predicted octanol–water partition coefficient (Wildman–Crippen LogP) is 2.44. The normalized spacial score (nSPS) is 12.4. The second-order valence-corrected chi connectivity index (χ2v) is 5.45. The first kappa shape index (κ1) is 16.7. The number of methoxy groups -OCH3 is 1. The van der Waals surface area contributed by atoms with E-state index in [1.165, 1.54) is 0 Å². The van der Waals surface area contributed by atoms with Crippen LogP contribution in [0.15, 0.2) is 24.3 Å². The second kappa shape index (κ2) is 8.72. The van der Waals surface area contributed by atoms with Gasteiger partial charge in [-0.05, 0) is 30.4 Å². The minimum atomic E-state index is -0.134. The van der Waals surface area contributed by atoms with Crippen molar-refractivity contribution >= 4 is 11.6 Å². The molecule has 0 aliphatic rings. The number of rotatable bonds is 8. The van der Waals surface area contributed by atoms with Gasteiger partial charge in [0.25, 0.3) is 0 Å². The molecule has 1 amide bonds. The standard InChI is InChI=1S/C16H26N2O2/c1-12(2)10-14(11-17)16(19)18-15-7-5-4-6-13(15)8-9-20-3/h4-7,12,14H,8-11,17H2,1-3H3,(H,18,19). The van der Waals surface area contributed by atoms with Crippen molar-refractivity contribution in [3.05, 3.63) is 29.8 Å². The Bertz CT molecular complexity index is 419. The van der Waals surface area contributed by atoms with E-state index in [1.54, 1.807) is 7.11 Å². The number of hydrogen-bond donors (Lipinski definition) is 2. The first-order valence-corrected chi connectivity index (χ1v) is 7.16. The first-order valence-electron chi connectivity index (χ1n) is 7.16. The van der Waals surface area contributed by atoms with Gasteiger partial charge in [-0.2, -0.15) is 0 Å². The highest BCUT2D eigenvalue weighted by Gasteiger charge is 2.19. The summed E-state index contributed by atoms with van der Waals surface area (Å²) in [5.41, 5.74) is 7.66. The minimum Gasteiger partial charge on any atom is -0.384 e. The molecule has 0 saturated heterocycles. The average Bonchev–Trinajstić information content (AvgIpc) is 2.43. The zero-order valence-corrected chi connectivity index (χ0v) is 12.7. The molecule has 1 aromatic rings. The maximum Gasteiger partial charge on any atom is 0.228 e. The summed E-state index contributed by atoms with van der Waals surface area (Å²) in [5, 5.41) is 3.00. The molecule has 1 atom stereocenters. The fraction of sp³-hybridized carbons (Fsp3) is 0.562. The summed E-state index contributed by atoms with van der Waals surface area (Å²) in [6.07, 6.45) is 1.59. The molecule has 0 fully saturated rings. The van der Waals surface area contributed by atoms with E-state index in [2.05, 4.69) is 19.2 Å². The van der Waals surface area contributed by atoms with Crippen LogP contribution in [0.25, 0.3) is 0 Å². The average molecular weight is 278 g/mol. The molecule has 1 rings (SSSR count). The molecule has 0 bridgehead atoms. The first-order chi connectivity index (χ1) is 9.58. The molecule has 0 aromatic heterocycles. The summed E-state index contributed by atoms with van der Waals surface area (Å²) in [7, 11) is 1.67. The van der Waals surface area contributed by atoms with Crippen molar-refractivity contribution < 1.29 is 9.53 Å². The number of nitrogens with one attached hydrogen (secondary N) is 1. The van der Waals surface area contributed by atoms with Gasteiger partial charge in [-0.1, -0.05) is 32.0 Å². The second-order valence-electron chi connectivity index (χ2n) is 5.45. The minimum absolute atomic E-state index is 0.00562. The van der Waals surface area contributed by atoms with Crippen molar-refractivity contribution in [2.24, 2.45) is 17.6 Å². The zero-order valence-electron chi connectivity index (χ0n) is 12.7. The Hall–Kier alpha value is -1.39. The van der Waals surface area contributed by atoms with Crippen LogP contribution in [-0.4, -0.2) is 26.2 Å². The summed E-state index contributed by atoms with van der Waals surface area (Å²) >= 11 is 0. The van der Waals surface area contributed by atoms with E-state index in [0.717, 1.165) is 24.1 Å². The summed E-state index contributed by atoms with van der Waals surface area (Å²) in [5.74, 6) is 0.328. The van der Waals surface area contributed by atoms with Crippen molar-refractivity contribution in [3.63, 3.8) is 0 Å². The SMILES string of the molecule is COCCc1ccccc1NC(=O)C(CN)CC(C)C. The van der Waals surface area contributed by atoms with Crippen molar-refractivity contribution in [3.8, 4) is 0 Å². The molecule has 112 valence electrons. The monoisotopic (exact) mass is 278 g/mol. The van der Waals surface area contributed by atoms with Crippen molar-refractivity contribution in [1.82, 2.24) is 0 Å². The lowest BCUT2D eigenvalue weighted by Gasteiger charge is -2.18. The summed E-state index contributed by atoms with van der Waals surface area (Å²) in [6.45, 7) is 5.22. The summed E-state index contributed by atoms with van der Waals surface area (Å²) in [6, 6.07) is 7.82. The van der Waals surface area contributed by atoms with Crippen LogP contribution in [-0.2, 0) is 16.0 Å². The highest BCUT2D eigenvalue weighted by atomic mass is 16.5. The number of ether oxygens (including phenoxy) is 1. The Morgan fingerprint density at radius 1 is 1.35 bits per heavy atom. The van der Waals surface area contributed by atoms with Gasteiger partial charge >= 0.3 is 0 Å². The molecule has 0 aliphatic carbocycles. The maximum atomic E-state index is 12.3. The molecule has 0 spiro atoms. The van der Waals surface area contributed by atoms with E-state index in [1.807, 2.05) is 24.3 Å². The third-order valence-electron chi connectivity index (χ3n) is 3.26. The highest BCUT2D eigenvalue weighted by Crippen LogP contribution is 2.18. The van der Waals surface area contributed by atoms with Gasteiger partial charge in [-0.3, -0.25) is 4.79 Å². The van der Waals surface area contributed by atoms with Gasteiger partial charge in [0.1, 0.15) is 0 Å². The van der Waals surface area contributed by atoms with E-state index in [0.29, 0.717) is 19.1 Å².